The second-order valence-electron chi connectivity index (χ2n) is 5.50. The number of hydrogen-bond acceptors (Lipinski definition) is 4. The van der Waals surface area contributed by atoms with E-state index in [4.69, 9.17) is 10.5 Å². The molecule has 2 heterocycles. The topological polar surface area (TPSA) is 85.9 Å². The van der Waals surface area contributed by atoms with Crippen LogP contribution >= 0.6 is 0 Å². The van der Waals surface area contributed by atoms with Crippen molar-refractivity contribution in [3.8, 4) is 0 Å². The van der Waals surface area contributed by atoms with Gasteiger partial charge in [0.05, 0.1) is 13.2 Å². The molecule has 0 aliphatic carbocycles. The summed E-state index contributed by atoms with van der Waals surface area (Å²) < 4.78 is 6.99. The van der Waals surface area contributed by atoms with Gasteiger partial charge in [-0.2, -0.15) is 4.98 Å². The van der Waals surface area contributed by atoms with Crippen molar-refractivity contribution in [3.05, 3.63) is 28.4 Å². The van der Waals surface area contributed by atoms with Gasteiger partial charge in [-0.3, -0.25) is 4.57 Å². The van der Waals surface area contributed by atoms with Crippen LogP contribution in [-0.4, -0.2) is 27.7 Å². The van der Waals surface area contributed by atoms with Crippen LogP contribution in [-0.2, 0) is 16.9 Å². The number of fused-ring (bicyclic) bond motifs is 1. The molecule has 2 rings (SSSR count). The number of aromatic nitrogens is 3. The number of rotatable bonds is 4. The van der Waals surface area contributed by atoms with E-state index in [-0.39, 0.29) is 11.2 Å². The van der Waals surface area contributed by atoms with E-state index in [9.17, 15) is 4.79 Å². The summed E-state index contributed by atoms with van der Waals surface area (Å²) in [6, 6.07) is 1.94. The van der Waals surface area contributed by atoms with Gasteiger partial charge in [-0.1, -0.05) is 0 Å². The van der Waals surface area contributed by atoms with Gasteiger partial charge in [-0.05, 0) is 26.8 Å². The van der Waals surface area contributed by atoms with Gasteiger partial charge in [-0.15, -0.1) is 0 Å². The lowest BCUT2D eigenvalue weighted by Crippen LogP contribution is -2.34. The second-order valence-corrected chi connectivity index (χ2v) is 5.50. The molecule has 104 valence electrons. The Hall–Kier alpha value is -1.66. The largest absolute Gasteiger partial charge is 0.374 e. The van der Waals surface area contributed by atoms with Gasteiger partial charge in [0.2, 0.25) is 0 Å². The summed E-state index contributed by atoms with van der Waals surface area (Å²) in [6.07, 6.45) is 1.83. The summed E-state index contributed by atoms with van der Waals surface area (Å²) in [5.41, 5.74) is 6.31. The smallest absolute Gasteiger partial charge is 0.350 e. The molecular formula is C13H20N4O2. The first kappa shape index (κ1) is 13.8. The van der Waals surface area contributed by atoms with Crippen LogP contribution in [0.1, 0.15) is 26.5 Å². The molecule has 0 atom stereocenters. The standard InChI is InChI=1S/C13H20N4O2/c1-13(2,3)17-7-9-6-10(8-19-5-4-14)15-11(9)16-12(17)18/h6-7H,4-5,8,14H2,1-3H3,(H,15,16,18). The number of ether oxygens (including phenoxy) is 1. The molecule has 0 unspecified atom stereocenters. The van der Waals surface area contributed by atoms with E-state index >= 15 is 0 Å². The highest BCUT2D eigenvalue weighted by atomic mass is 16.5. The van der Waals surface area contributed by atoms with Crippen molar-refractivity contribution in [3.63, 3.8) is 0 Å². The third-order valence-electron chi connectivity index (χ3n) is 2.81. The van der Waals surface area contributed by atoms with Crippen molar-refractivity contribution in [1.82, 2.24) is 14.5 Å². The summed E-state index contributed by atoms with van der Waals surface area (Å²) in [7, 11) is 0. The number of aromatic amines is 1. The van der Waals surface area contributed by atoms with E-state index in [0.717, 1.165) is 11.1 Å². The Morgan fingerprint density at radius 2 is 2.21 bits per heavy atom. The highest BCUT2D eigenvalue weighted by molar-refractivity contribution is 5.75. The minimum Gasteiger partial charge on any atom is -0.374 e. The molecule has 0 bridgehead atoms. The molecule has 0 amide bonds. The maximum Gasteiger partial charge on any atom is 0.350 e. The van der Waals surface area contributed by atoms with Gasteiger partial charge in [0.15, 0.2) is 0 Å². The summed E-state index contributed by atoms with van der Waals surface area (Å²) in [5, 5.41) is 0.904. The van der Waals surface area contributed by atoms with E-state index in [2.05, 4.69) is 9.97 Å². The SMILES string of the molecule is CC(C)(C)n1cc2cc(COCCN)[nH]c2nc1=O. The Balaban J connectivity index is 2.35. The van der Waals surface area contributed by atoms with Crippen LogP contribution in [0.15, 0.2) is 17.1 Å². The zero-order chi connectivity index (χ0) is 14.0. The Morgan fingerprint density at radius 3 is 2.84 bits per heavy atom. The molecule has 0 radical (unpaired) electrons. The zero-order valence-corrected chi connectivity index (χ0v) is 11.6. The Kier molecular flexibility index (Phi) is 3.73. The molecule has 0 aliphatic rings. The van der Waals surface area contributed by atoms with Crippen molar-refractivity contribution in [2.45, 2.75) is 32.9 Å². The molecule has 0 spiro atoms. The zero-order valence-electron chi connectivity index (χ0n) is 11.6. The summed E-state index contributed by atoms with van der Waals surface area (Å²) in [5.74, 6) is 0. The van der Waals surface area contributed by atoms with Crippen LogP contribution in [0, 0.1) is 0 Å². The molecule has 19 heavy (non-hydrogen) atoms. The summed E-state index contributed by atoms with van der Waals surface area (Å²) in [6.45, 7) is 7.36. The number of nitrogens with one attached hydrogen (secondary N) is 1. The fourth-order valence-corrected chi connectivity index (χ4v) is 1.87. The lowest BCUT2D eigenvalue weighted by Gasteiger charge is -2.21. The summed E-state index contributed by atoms with van der Waals surface area (Å²) in [4.78, 5) is 19.1. The average molecular weight is 264 g/mol. The first-order valence-electron chi connectivity index (χ1n) is 6.31. The van der Waals surface area contributed by atoms with Crippen LogP contribution < -0.4 is 11.4 Å². The van der Waals surface area contributed by atoms with Gasteiger partial charge in [-0.25, -0.2) is 4.79 Å². The van der Waals surface area contributed by atoms with Crippen LogP contribution in [0.5, 0.6) is 0 Å². The number of H-pyrrole nitrogens is 1. The van der Waals surface area contributed by atoms with E-state index in [1.165, 1.54) is 0 Å². The maximum atomic E-state index is 11.9. The summed E-state index contributed by atoms with van der Waals surface area (Å²) >= 11 is 0. The van der Waals surface area contributed by atoms with E-state index < -0.39 is 0 Å². The predicted octanol–water partition coefficient (Wildman–Crippen LogP) is 0.955. The fraction of sp³-hybridized carbons (Fsp3) is 0.538. The minimum absolute atomic E-state index is 0.253. The number of hydrogen-bond donors (Lipinski definition) is 2. The van der Waals surface area contributed by atoms with Gasteiger partial charge in [0, 0.05) is 29.4 Å². The van der Waals surface area contributed by atoms with Crippen LogP contribution in [0.3, 0.4) is 0 Å². The number of nitrogens with zero attached hydrogens (tertiary/aromatic N) is 2. The van der Waals surface area contributed by atoms with Gasteiger partial charge < -0.3 is 15.5 Å². The third kappa shape index (κ3) is 3.02. The van der Waals surface area contributed by atoms with Gasteiger partial charge in [0.25, 0.3) is 0 Å². The molecule has 0 aromatic carbocycles. The van der Waals surface area contributed by atoms with E-state index in [0.29, 0.717) is 25.4 Å². The molecule has 6 nitrogen and oxygen atoms in total. The predicted molar refractivity (Wildman–Crippen MR) is 74.1 cm³/mol. The molecule has 0 fully saturated rings. The van der Waals surface area contributed by atoms with Crippen molar-refractivity contribution < 1.29 is 4.74 Å². The fourth-order valence-electron chi connectivity index (χ4n) is 1.87. The Labute approximate surface area is 111 Å². The van der Waals surface area contributed by atoms with Crippen molar-refractivity contribution in [2.75, 3.05) is 13.2 Å². The molecule has 0 saturated carbocycles. The lowest BCUT2D eigenvalue weighted by atomic mass is 10.1. The van der Waals surface area contributed by atoms with E-state index in [1.807, 2.05) is 33.0 Å². The highest BCUT2D eigenvalue weighted by Crippen LogP contribution is 2.16. The molecule has 6 heteroatoms. The molecule has 0 saturated heterocycles. The monoisotopic (exact) mass is 264 g/mol. The first-order chi connectivity index (χ1) is 8.91. The van der Waals surface area contributed by atoms with Gasteiger partial charge in [0.1, 0.15) is 5.65 Å². The molecule has 2 aromatic rings. The average Bonchev–Trinajstić information content (AvgIpc) is 2.68. The molecular weight excluding hydrogens is 244 g/mol. The van der Waals surface area contributed by atoms with Crippen LogP contribution in [0.2, 0.25) is 0 Å². The molecule has 3 N–H and O–H groups in total. The normalized spacial score (nSPS) is 12.2. The molecule has 0 aliphatic heterocycles. The maximum absolute atomic E-state index is 11.9. The lowest BCUT2D eigenvalue weighted by molar-refractivity contribution is 0.126. The minimum atomic E-state index is -0.286. The Morgan fingerprint density at radius 1 is 1.47 bits per heavy atom. The highest BCUT2D eigenvalue weighted by Gasteiger charge is 2.16. The molecule has 2 aromatic heterocycles. The van der Waals surface area contributed by atoms with Crippen molar-refractivity contribution in [2.24, 2.45) is 5.73 Å². The van der Waals surface area contributed by atoms with Gasteiger partial charge >= 0.3 is 5.69 Å². The first-order valence-corrected chi connectivity index (χ1v) is 6.31. The number of nitrogens with two attached hydrogens (primary N) is 1. The van der Waals surface area contributed by atoms with Crippen molar-refractivity contribution in [1.29, 1.82) is 0 Å². The van der Waals surface area contributed by atoms with Crippen molar-refractivity contribution >= 4 is 11.0 Å². The Bertz CT molecular complexity index is 622. The van der Waals surface area contributed by atoms with Crippen LogP contribution in [0.4, 0.5) is 0 Å². The third-order valence-corrected chi connectivity index (χ3v) is 2.81. The van der Waals surface area contributed by atoms with E-state index in [1.54, 1.807) is 4.57 Å². The second kappa shape index (κ2) is 5.14. The van der Waals surface area contributed by atoms with Crippen LogP contribution in [0.25, 0.3) is 11.0 Å². The quantitative estimate of drug-likeness (QED) is 0.805.